The van der Waals surface area contributed by atoms with Gasteiger partial charge in [0, 0.05) is 25.2 Å². The van der Waals surface area contributed by atoms with E-state index in [2.05, 4.69) is 15.0 Å². The van der Waals surface area contributed by atoms with E-state index in [1.54, 1.807) is 33.8 Å². The number of hydrogen-bond acceptors (Lipinski definition) is 7. The number of benzene rings is 2. The lowest BCUT2D eigenvalue weighted by atomic mass is 9.69. The molecule has 47 heavy (non-hydrogen) atoms. The summed E-state index contributed by atoms with van der Waals surface area (Å²) in [5.41, 5.74) is 0.957. The SMILES string of the molecule is Cc1ccc(NC(=O)C2(c3ccccc3C(C)C)CN(C(=O)CCN(OCc3ccccc3)C(=O)OC(C)(C)C)C2)c(OC(F)F)n1. The van der Waals surface area contributed by atoms with E-state index < -0.39 is 35.5 Å². The number of amides is 3. The average molecular weight is 653 g/mol. The molecule has 1 aliphatic rings. The number of hydroxylamine groups is 2. The summed E-state index contributed by atoms with van der Waals surface area (Å²) in [5, 5.41) is 3.78. The monoisotopic (exact) mass is 652 g/mol. The van der Waals surface area contributed by atoms with Crippen LogP contribution in [0.1, 0.15) is 69.3 Å². The van der Waals surface area contributed by atoms with Crippen LogP contribution < -0.4 is 10.1 Å². The van der Waals surface area contributed by atoms with Crippen molar-refractivity contribution < 1.29 is 37.5 Å². The number of carbonyl (C=O) groups is 3. The topological polar surface area (TPSA) is 110 Å². The van der Waals surface area contributed by atoms with Gasteiger partial charge >= 0.3 is 12.7 Å². The van der Waals surface area contributed by atoms with Gasteiger partial charge in [-0.2, -0.15) is 13.8 Å². The van der Waals surface area contributed by atoms with Gasteiger partial charge in [-0.1, -0.05) is 68.4 Å². The van der Waals surface area contributed by atoms with E-state index in [0.29, 0.717) is 5.69 Å². The second kappa shape index (κ2) is 14.9. The molecule has 1 aromatic heterocycles. The highest BCUT2D eigenvalue weighted by atomic mass is 19.3. The minimum atomic E-state index is -3.13. The Morgan fingerprint density at radius 2 is 1.66 bits per heavy atom. The standard InChI is InChI=1S/C35H42F2N4O6/c1-23(2)26-14-10-11-15-27(26)35(31(43)39-28-17-16-24(3)38-30(28)46-32(36)37)21-40(22-35)29(42)18-19-41(33(44)47-34(4,5)6)45-20-25-12-8-7-9-13-25/h7-17,23,32H,18-22H2,1-6H3,(H,39,43). The summed E-state index contributed by atoms with van der Waals surface area (Å²) in [6, 6.07) is 19.8. The van der Waals surface area contributed by atoms with Crippen molar-refractivity contribution in [1.82, 2.24) is 14.9 Å². The van der Waals surface area contributed by atoms with Gasteiger partial charge in [-0.25, -0.2) is 9.78 Å². The quantitative estimate of drug-likeness (QED) is 0.220. The van der Waals surface area contributed by atoms with Gasteiger partial charge in [0.05, 0.1) is 6.54 Å². The number of aryl methyl sites for hydroxylation is 1. The Labute approximate surface area is 274 Å². The summed E-state index contributed by atoms with van der Waals surface area (Å²) in [6.07, 6.45) is -0.816. The first-order chi connectivity index (χ1) is 22.2. The predicted molar refractivity (Wildman–Crippen MR) is 172 cm³/mol. The van der Waals surface area contributed by atoms with Crippen molar-refractivity contribution in [3.05, 3.63) is 89.1 Å². The van der Waals surface area contributed by atoms with Crippen LogP contribution in [0.2, 0.25) is 0 Å². The summed E-state index contributed by atoms with van der Waals surface area (Å²) in [5.74, 6) is -1.12. The highest BCUT2D eigenvalue weighted by molar-refractivity contribution is 6.02. The highest BCUT2D eigenvalue weighted by Crippen LogP contribution is 2.41. The molecule has 1 fully saturated rings. The molecule has 4 rings (SSSR count). The van der Waals surface area contributed by atoms with Crippen molar-refractivity contribution in [3.63, 3.8) is 0 Å². The first-order valence-corrected chi connectivity index (χ1v) is 15.5. The maximum atomic E-state index is 14.1. The van der Waals surface area contributed by atoms with Crippen LogP contribution in [0.5, 0.6) is 5.88 Å². The summed E-state index contributed by atoms with van der Waals surface area (Å²) in [6.45, 7) is 7.78. The maximum absolute atomic E-state index is 14.1. The Balaban J connectivity index is 1.53. The summed E-state index contributed by atoms with van der Waals surface area (Å²) in [4.78, 5) is 51.9. The Morgan fingerprint density at radius 3 is 2.30 bits per heavy atom. The number of nitrogens with zero attached hydrogens (tertiary/aromatic N) is 3. The molecule has 1 saturated heterocycles. The molecule has 0 saturated carbocycles. The van der Waals surface area contributed by atoms with Gasteiger partial charge in [0.25, 0.3) is 0 Å². The molecule has 1 aliphatic heterocycles. The van der Waals surface area contributed by atoms with E-state index in [1.807, 2.05) is 68.4 Å². The minimum absolute atomic E-state index is 0.00403. The third kappa shape index (κ3) is 9.03. The first-order valence-electron chi connectivity index (χ1n) is 15.5. The van der Waals surface area contributed by atoms with Gasteiger partial charge in [-0.15, -0.1) is 0 Å². The van der Waals surface area contributed by atoms with Gasteiger partial charge in [0.2, 0.25) is 17.7 Å². The van der Waals surface area contributed by atoms with Crippen LogP contribution in [0.4, 0.5) is 19.3 Å². The number of aromatic nitrogens is 1. The lowest BCUT2D eigenvalue weighted by molar-refractivity contribution is -0.162. The van der Waals surface area contributed by atoms with Gasteiger partial charge in [-0.05, 0) is 62.4 Å². The Hall–Kier alpha value is -4.58. The van der Waals surface area contributed by atoms with Gasteiger partial charge in [0.1, 0.15) is 23.3 Å². The maximum Gasteiger partial charge on any atom is 0.434 e. The second-order valence-electron chi connectivity index (χ2n) is 12.8. The molecule has 0 unspecified atom stereocenters. The van der Waals surface area contributed by atoms with Crippen LogP contribution >= 0.6 is 0 Å². The molecular formula is C35H42F2N4O6. The van der Waals surface area contributed by atoms with E-state index in [9.17, 15) is 23.2 Å². The number of anilines is 1. The second-order valence-corrected chi connectivity index (χ2v) is 12.8. The molecule has 252 valence electrons. The molecular weight excluding hydrogens is 610 g/mol. The third-order valence-electron chi connectivity index (χ3n) is 7.61. The van der Waals surface area contributed by atoms with Crippen molar-refractivity contribution in [2.75, 3.05) is 25.0 Å². The molecule has 0 aliphatic carbocycles. The molecule has 0 bridgehead atoms. The number of alkyl halides is 2. The Kier molecular flexibility index (Phi) is 11.2. The molecule has 0 atom stereocenters. The molecule has 2 aromatic carbocycles. The van der Waals surface area contributed by atoms with Gasteiger partial charge in [-0.3, -0.25) is 14.4 Å². The molecule has 3 aromatic rings. The van der Waals surface area contributed by atoms with Crippen LogP contribution in [0, 0.1) is 6.92 Å². The zero-order valence-electron chi connectivity index (χ0n) is 27.6. The zero-order chi connectivity index (χ0) is 34.4. The first kappa shape index (κ1) is 35.3. The molecule has 1 N–H and O–H groups in total. The Morgan fingerprint density at radius 1 is 1.00 bits per heavy atom. The number of pyridine rings is 1. The number of rotatable bonds is 12. The van der Waals surface area contributed by atoms with Crippen molar-refractivity contribution in [1.29, 1.82) is 0 Å². The summed E-state index contributed by atoms with van der Waals surface area (Å²) >= 11 is 0. The summed E-state index contributed by atoms with van der Waals surface area (Å²) in [7, 11) is 0. The number of hydrogen-bond donors (Lipinski definition) is 1. The fourth-order valence-electron chi connectivity index (χ4n) is 5.30. The number of carbonyl (C=O) groups excluding carboxylic acids is 3. The van der Waals surface area contributed by atoms with Crippen molar-refractivity contribution in [2.24, 2.45) is 0 Å². The fraction of sp³-hybridized carbons (Fsp3) is 0.429. The van der Waals surface area contributed by atoms with E-state index in [-0.39, 0.29) is 50.2 Å². The number of nitrogens with one attached hydrogen (secondary N) is 1. The van der Waals surface area contributed by atoms with Crippen LogP contribution in [-0.2, 0) is 31.2 Å². The van der Waals surface area contributed by atoms with Crippen LogP contribution in [0.25, 0.3) is 0 Å². The Bertz CT molecular complexity index is 1560. The molecule has 2 heterocycles. The van der Waals surface area contributed by atoms with E-state index in [4.69, 9.17) is 9.57 Å². The zero-order valence-corrected chi connectivity index (χ0v) is 27.6. The average Bonchev–Trinajstić information content (AvgIpc) is 2.97. The molecule has 0 radical (unpaired) electrons. The lowest BCUT2D eigenvalue weighted by Crippen LogP contribution is -2.66. The van der Waals surface area contributed by atoms with Crippen molar-refractivity contribution in [2.45, 2.75) is 78.1 Å². The molecule has 0 spiro atoms. The highest BCUT2D eigenvalue weighted by Gasteiger charge is 2.53. The van der Waals surface area contributed by atoms with Crippen molar-refractivity contribution in [3.8, 4) is 5.88 Å². The smallest absolute Gasteiger partial charge is 0.434 e. The normalized spacial score (nSPS) is 14.0. The van der Waals surface area contributed by atoms with Crippen LogP contribution in [0.15, 0.2) is 66.7 Å². The van der Waals surface area contributed by atoms with E-state index in [1.165, 1.54) is 11.0 Å². The fourth-order valence-corrected chi connectivity index (χ4v) is 5.30. The van der Waals surface area contributed by atoms with Gasteiger partial charge < -0.3 is 19.7 Å². The molecule has 3 amide bonds. The third-order valence-corrected chi connectivity index (χ3v) is 7.61. The van der Waals surface area contributed by atoms with Crippen LogP contribution in [-0.4, -0.2) is 64.7 Å². The van der Waals surface area contributed by atoms with E-state index in [0.717, 1.165) is 21.8 Å². The van der Waals surface area contributed by atoms with Crippen molar-refractivity contribution >= 4 is 23.6 Å². The predicted octanol–water partition coefficient (Wildman–Crippen LogP) is 6.59. The number of halogens is 2. The molecule has 10 nitrogen and oxygen atoms in total. The number of likely N-dealkylation sites (tertiary alicyclic amines) is 1. The lowest BCUT2D eigenvalue weighted by Gasteiger charge is -2.50. The van der Waals surface area contributed by atoms with E-state index >= 15 is 0 Å². The largest absolute Gasteiger partial charge is 0.442 e. The number of ether oxygens (including phenoxy) is 2. The van der Waals surface area contributed by atoms with Crippen LogP contribution in [0.3, 0.4) is 0 Å². The molecule has 12 heteroatoms. The minimum Gasteiger partial charge on any atom is -0.442 e. The van der Waals surface area contributed by atoms with Gasteiger partial charge in [0.15, 0.2) is 0 Å². The summed E-state index contributed by atoms with van der Waals surface area (Å²) < 4.78 is 36.4.